The average Bonchev–Trinajstić information content (AvgIpc) is 3.56. The number of sulfonamides is 1. The highest BCUT2D eigenvalue weighted by molar-refractivity contribution is 7.92. The molecule has 206 valence electrons. The lowest BCUT2D eigenvalue weighted by molar-refractivity contribution is -0.152. The summed E-state index contributed by atoms with van der Waals surface area (Å²) in [7, 11) is -4.26. The Balaban J connectivity index is 1.57. The molecule has 40 heavy (non-hydrogen) atoms. The number of hydrogen-bond donors (Lipinski definition) is 0. The Morgan fingerprint density at radius 1 is 1.02 bits per heavy atom. The third kappa shape index (κ3) is 5.97. The van der Waals surface area contributed by atoms with E-state index in [4.69, 9.17) is 27.9 Å². The quantitative estimate of drug-likeness (QED) is 0.195. The predicted octanol–water partition coefficient (Wildman–Crippen LogP) is 6.39. The van der Waals surface area contributed by atoms with Gasteiger partial charge in [0, 0.05) is 39.4 Å². The van der Waals surface area contributed by atoms with Crippen molar-refractivity contribution in [2.24, 2.45) is 0 Å². The molecular formula is C27H23Cl2N5O4S2. The first-order chi connectivity index (χ1) is 18.9. The largest absolute Gasteiger partial charge is 0.459 e. The zero-order valence-electron chi connectivity index (χ0n) is 21.6. The molecule has 0 aliphatic rings. The maximum absolute atomic E-state index is 13.8. The molecule has 0 unspecified atom stereocenters. The molecule has 5 rings (SSSR count). The summed E-state index contributed by atoms with van der Waals surface area (Å²) in [6, 6.07) is 12.7. The van der Waals surface area contributed by atoms with E-state index in [-0.39, 0.29) is 20.6 Å². The predicted molar refractivity (Wildman–Crippen MR) is 157 cm³/mol. The number of nitrogens with zero attached hydrogens (tertiary/aromatic N) is 5. The number of thiazole rings is 1. The van der Waals surface area contributed by atoms with Crippen LogP contribution in [-0.2, 0) is 19.6 Å². The molecule has 3 aromatic heterocycles. The minimum Gasteiger partial charge on any atom is -0.459 e. The highest BCUT2D eigenvalue weighted by Gasteiger charge is 2.30. The van der Waals surface area contributed by atoms with E-state index in [0.717, 1.165) is 15.2 Å². The number of anilines is 1. The van der Waals surface area contributed by atoms with Crippen molar-refractivity contribution in [3.05, 3.63) is 82.5 Å². The minimum absolute atomic E-state index is 0.151. The Labute approximate surface area is 245 Å². The summed E-state index contributed by atoms with van der Waals surface area (Å²) in [6.45, 7) is 4.58. The van der Waals surface area contributed by atoms with Crippen molar-refractivity contribution in [2.45, 2.75) is 31.3 Å². The summed E-state index contributed by atoms with van der Waals surface area (Å²) in [5.41, 5.74) is 0.230. The third-order valence-electron chi connectivity index (χ3n) is 5.59. The number of hydrogen-bond acceptors (Lipinski definition) is 8. The lowest BCUT2D eigenvalue weighted by Gasteiger charge is -2.26. The summed E-state index contributed by atoms with van der Waals surface area (Å²) in [4.78, 5) is 25.9. The molecule has 0 spiro atoms. The number of carbonyl (C=O) groups is 1. The second-order valence-electron chi connectivity index (χ2n) is 9.71. The summed E-state index contributed by atoms with van der Waals surface area (Å²) in [5, 5.41) is 3.58. The number of rotatable bonds is 7. The molecular weight excluding hydrogens is 593 g/mol. The van der Waals surface area contributed by atoms with Crippen LogP contribution >= 0.6 is 34.5 Å². The Hall–Kier alpha value is -3.51. The lowest BCUT2D eigenvalue weighted by atomic mass is 10.2. The standard InChI is InChI=1S/C27H23Cl2N5O4S2/c1-27(2,3)38-24(35)16-34(40(36,37)21-14-18(28)13-19(29)15-21)20-4-5-22-17(12-20)7-10-33(22)23-6-8-30-25(32-23)26-31-9-11-39-26/h4-15H,16H2,1-3H3. The average molecular weight is 617 g/mol. The van der Waals surface area contributed by atoms with Crippen molar-refractivity contribution in [1.82, 2.24) is 19.5 Å². The van der Waals surface area contributed by atoms with E-state index in [9.17, 15) is 13.2 Å². The van der Waals surface area contributed by atoms with Gasteiger partial charge in [0.2, 0.25) is 0 Å². The number of halogens is 2. The topological polar surface area (TPSA) is 107 Å². The first kappa shape index (κ1) is 28.0. The first-order valence-corrected chi connectivity index (χ1v) is 15.0. The van der Waals surface area contributed by atoms with Gasteiger partial charge in [0.15, 0.2) is 10.8 Å². The maximum Gasteiger partial charge on any atom is 0.327 e. The molecule has 0 aliphatic carbocycles. The van der Waals surface area contributed by atoms with E-state index in [2.05, 4.69) is 15.0 Å². The molecule has 13 heteroatoms. The second-order valence-corrected chi connectivity index (χ2v) is 13.3. The van der Waals surface area contributed by atoms with E-state index < -0.39 is 28.1 Å². The molecule has 3 heterocycles. The molecule has 0 aliphatic heterocycles. The molecule has 0 bridgehead atoms. The fraction of sp³-hybridized carbons (Fsp3) is 0.185. The number of fused-ring (bicyclic) bond motifs is 1. The van der Waals surface area contributed by atoms with Crippen LogP contribution in [0.5, 0.6) is 0 Å². The van der Waals surface area contributed by atoms with Crippen molar-refractivity contribution in [1.29, 1.82) is 0 Å². The van der Waals surface area contributed by atoms with Crippen molar-refractivity contribution in [3.8, 4) is 16.6 Å². The number of aromatic nitrogens is 4. The number of benzene rings is 2. The normalized spacial score (nSPS) is 12.0. The van der Waals surface area contributed by atoms with Gasteiger partial charge in [-0.3, -0.25) is 9.10 Å². The van der Waals surface area contributed by atoms with Crippen LogP contribution in [0.2, 0.25) is 10.0 Å². The lowest BCUT2D eigenvalue weighted by Crippen LogP contribution is -2.39. The molecule has 5 aromatic rings. The van der Waals surface area contributed by atoms with E-state index >= 15 is 0 Å². The third-order valence-corrected chi connectivity index (χ3v) is 8.55. The van der Waals surface area contributed by atoms with Gasteiger partial charge in [-0.1, -0.05) is 23.2 Å². The SMILES string of the molecule is CC(C)(C)OC(=O)CN(c1ccc2c(ccn2-c2ccnc(-c3nccs3)n2)c1)S(=O)(=O)c1cc(Cl)cc(Cl)c1. The van der Waals surface area contributed by atoms with Crippen LogP contribution < -0.4 is 4.31 Å². The minimum atomic E-state index is -4.26. The molecule has 0 fully saturated rings. The zero-order chi connectivity index (χ0) is 28.7. The van der Waals surface area contributed by atoms with Gasteiger partial charge in [-0.25, -0.2) is 23.4 Å². The fourth-order valence-electron chi connectivity index (χ4n) is 4.02. The van der Waals surface area contributed by atoms with Crippen molar-refractivity contribution < 1.29 is 17.9 Å². The molecule has 0 atom stereocenters. The molecule has 0 saturated heterocycles. The van der Waals surface area contributed by atoms with Crippen LogP contribution in [-0.4, -0.2) is 46.1 Å². The number of ether oxygens (including phenoxy) is 1. The van der Waals surface area contributed by atoms with E-state index in [1.54, 1.807) is 57.4 Å². The fourth-order valence-corrected chi connectivity index (χ4v) is 6.72. The summed E-state index contributed by atoms with van der Waals surface area (Å²) < 4.78 is 35.9. The maximum atomic E-state index is 13.8. The summed E-state index contributed by atoms with van der Waals surface area (Å²) >= 11 is 13.7. The monoisotopic (exact) mass is 615 g/mol. The zero-order valence-corrected chi connectivity index (χ0v) is 24.7. The smallest absolute Gasteiger partial charge is 0.327 e. The second kappa shape index (κ2) is 10.8. The Kier molecular flexibility index (Phi) is 7.58. The molecule has 0 N–H and O–H groups in total. The molecule has 2 aromatic carbocycles. The van der Waals surface area contributed by atoms with Crippen LogP contribution in [0.3, 0.4) is 0 Å². The van der Waals surface area contributed by atoms with Gasteiger partial charge >= 0.3 is 5.97 Å². The van der Waals surface area contributed by atoms with Crippen LogP contribution in [0.1, 0.15) is 20.8 Å². The molecule has 0 radical (unpaired) electrons. The van der Waals surface area contributed by atoms with E-state index in [1.165, 1.54) is 29.5 Å². The van der Waals surface area contributed by atoms with Gasteiger partial charge < -0.3 is 9.30 Å². The van der Waals surface area contributed by atoms with Gasteiger partial charge in [0.1, 0.15) is 18.0 Å². The van der Waals surface area contributed by atoms with Gasteiger partial charge in [-0.05, 0) is 69.3 Å². The van der Waals surface area contributed by atoms with Gasteiger partial charge in [-0.2, -0.15) is 0 Å². The Morgan fingerprint density at radius 2 is 1.77 bits per heavy atom. The van der Waals surface area contributed by atoms with Crippen molar-refractivity contribution in [2.75, 3.05) is 10.8 Å². The van der Waals surface area contributed by atoms with E-state index in [0.29, 0.717) is 16.6 Å². The van der Waals surface area contributed by atoms with Crippen LogP contribution in [0.4, 0.5) is 5.69 Å². The summed E-state index contributed by atoms with van der Waals surface area (Å²) in [6.07, 6.45) is 5.17. The Bertz CT molecular complexity index is 1800. The molecule has 0 saturated carbocycles. The summed E-state index contributed by atoms with van der Waals surface area (Å²) in [5.74, 6) is 0.410. The van der Waals surface area contributed by atoms with Crippen molar-refractivity contribution in [3.63, 3.8) is 0 Å². The highest BCUT2D eigenvalue weighted by atomic mass is 35.5. The Morgan fingerprint density at radius 3 is 2.45 bits per heavy atom. The van der Waals surface area contributed by atoms with Crippen LogP contribution in [0.15, 0.2) is 77.4 Å². The van der Waals surface area contributed by atoms with Crippen molar-refractivity contribution >= 4 is 67.1 Å². The van der Waals surface area contributed by atoms with Gasteiger partial charge in [0.25, 0.3) is 10.0 Å². The van der Waals surface area contributed by atoms with Gasteiger partial charge in [-0.15, -0.1) is 11.3 Å². The molecule has 9 nitrogen and oxygen atoms in total. The first-order valence-electron chi connectivity index (χ1n) is 12.0. The van der Waals surface area contributed by atoms with E-state index in [1.807, 2.05) is 22.2 Å². The van der Waals surface area contributed by atoms with Crippen LogP contribution in [0.25, 0.3) is 27.6 Å². The van der Waals surface area contributed by atoms with Gasteiger partial charge in [0.05, 0.1) is 16.1 Å². The number of carbonyl (C=O) groups excluding carboxylic acids is 1. The number of esters is 1. The van der Waals surface area contributed by atoms with Crippen LogP contribution in [0, 0.1) is 0 Å². The molecule has 0 amide bonds. The highest BCUT2D eigenvalue weighted by Crippen LogP contribution is 2.31.